The third kappa shape index (κ3) is 3.89. The maximum Gasteiger partial charge on any atom is 0.470 e. The highest BCUT2D eigenvalue weighted by atomic mass is 19.4. The lowest BCUT2D eigenvalue weighted by Crippen LogP contribution is -2.37. The minimum atomic E-state index is -4.73. The molecule has 2 fully saturated rings. The van der Waals surface area contributed by atoms with Crippen LogP contribution in [0.4, 0.5) is 19.0 Å². The Bertz CT molecular complexity index is 1100. The fourth-order valence-corrected chi connectivity index (χ4v) is 4.97. The van der Waals surface area contributed by atoms with E-state index in [4.69, 9.17) is 0 Å². The highest BCUT2D eigenvalue weighted by Gasteiger charge is 2.38. The Balaban J connectivity index is 1.33. The lowest BCUT2D eigenvalue weighted by atomic mass is 9.85. The Kier molecular flexibility index (Phi) is 5.02. The maximum atomic E-state index is 12.7. The standard InChI is InChI=1S/C22H22F3N5O2/c1-30(15-9-12-2-3-13(8-12)10-15)19-7-6-17(26-27-19)16-5-4-14(11-18(16)31)20-28-29-21(32-20)22(23,24)25/h4-7,11-13,15,31H,2-3,8-10H2,1H3/t12-,13+,15?. The molecule has 10 heteroatoms. The molecule has 1 unspecified atom stereocenters. The van der Waals surface area contributed by atoms with E-state index >= 15 is 0 Å². The predicted octanol–water partition coefficient (Wildman–Crippen LogP) is 4.93. The highest BCUT2D eigenvalue weighted by molar-refractivity contribution is 5.71. The lowest BCUT2D eigenvalue weighted by Gasteiger charge is -2.35. The molecule has 0 saturated heterocycles. The van der Waals surface area contributed by atoms with Gasteiger partial charge in [0, 0.05) is 24.2 Å². The zero-order valence-corrected chi connectivity index (χ0v) is 17.4. The molecular formula is C22H22F3N5O2. The first kappa shape index (κ1) is 20.7. The first-order valence-corrected chi connectivity index (χ1v) is 10.6. The molecule has 7 nitrogen and oxygen atoms in total. The summed E-state index contributed by atoms with van der Waals surface area (Å²) in [4.78, 5) is 2.19. The summed E-state index contributed by atoms with van der Waals surface area (Å²) in [5.74, 6) is 0.469. The number of halogens is 3. The number of phenols is 1. The Morgan fingerprint density at radius 3 is 2.31 bits per heavy atom. The zero-order chi connectivity index (χ0) is 22.5. The fourth-order valence-electron chi connectivity index (χ4n) is 4.97. The van der Waals surface area contributed by atoms with Crippen LogP contribution in [-0.2, 0) is 6.18 Å². The van der Waals surface area contributed by atoms with Crippen molar-refractivity contribution < 1.29 is 22.7 Å². The molecule has 2 heterocycles. The van der Waals surface area contributed by atoms with Gasteiger partial charge in [-0.2, -0.15) is 13.2 Å². The molecule has 2 aromatic heterocycles. The van der Waals surface area contributed by atoms with Gasteiger partial charge in [0.15, 0.2) is 5.82 Å². The van der Waals surface area contributed by atoms with Crippen molar-refractivity contribution >= 4 is 5.82 Å². The van der Waals surface area contributed by atoms with Gasteiger partial charge in [0.1, 0.15) is 5.75 Å². The third-order valence-electron chi connectivity index (χ3n) is 6.61. The van der Waals surface area contributed by atoms with E-state index in [2.05, 4.69) is 29.7 Å². The van der Waals surface area contributed by atoms with Gasteiger partial charge in [-0.05, 0) is 61.4 Å². The molecule has 1 aromatic carbocycles. The summed E-state index contributed by atoms with van der Waals surface area (Å²) < 4.78 is 42.7. The first-order valence-electron chi connectivity index (χ1n) is 10.6. The topological polar surface area (TPSA) is 88.2 Å². The predicted molar refractivity (Wildman–Crippen MR) is 110 cm³/mol. The summed E-state index contributed by atoms with van der Waals surface area (Å²) >= 11 is 0. The number of hydrogen-bond acceptors (Lipinski definition) is 7. The zero-order valence-electron chi connectivity index (χ0n) is 17.4. The summed E-state index contributed by atoms with van der Waals surface area (Å²) in [5, 5.41) is 25.5. The molecule has 2 saturated carbocycles. The van der Waals surface area contributed by atoms with Gasteiger partial charge >= 0.3 is 12.1 Å². The Morgan fingerprint density at radius 2 is 1.72 bits per heavy atom. The fraction of sp³-hybridized carbons (Fsp3) is 0.455. The normalized spacial score (nSPS) is 22.8. The molecule has 2 aliphatic rings. The highest BCUT2D eigenvalue weighted by Crippen LogP contribution is 2.44. The van der Waals surface area contributed by atoms with E-state index < -0.39 is 12.1 Å². The van der Waals surface area contributed by atoms with Crippen LogP contribution in [0.15, 0.2) is 34.7 Å². The van der Waals surface area contributed by atoms with Gasteiger partial charge in [-0.25, -0.2) is 0 Å². The Morgan fingerprint density at radius 1 is 0.969 bits per heavy atom. The number of fused-ring (bicyclic) bond motifs is 2. The average molecular weight is 445 g/mol. The Labute approximate surface area is 182 Å². The van der Waals surface area contributed by atoms with Gasteiger partial charge in [0.05, 0.1) is 5.69 Å². The van der Waals surface area contributed by atoms with Crippen LogP contribution in [0.1, 0.15) is 38.0 Å². The number of anilines is 1. The van der Waals surface area contributed by atoms with Crippen LogP contribution < -0.4 is 4.90 Å². The summed E-state index contributed by atoms with van der Waals surface area (Å²) in [6.45, 7) is 0. The molecule has 3 atom stereocenters. The minimum Gasteiger partial charge on any atom is -0.507 e. The van der Waals surface area contributed by atoms with Crippen LogP contribution in [0.25, 0.3) is 22.7 Å². The molecule has 0 spiro atoms. The van der Waals surface area contributed by atoms with E-state index in [1.54, 1.807) is 6.07 Å². The summed E-state index contributed by atoms with van der Waals surface area (Å²) in [7, 11) is 2.05. The quantitative estimate of drug-likeness (QED) is 0.609. The summed E-state index contributed by atoms with van der Waals surface area (Å²) in [6, 6.07) is 8.41. The third-order valence-corrected chi connectivity index (χ3v) is 6.61. The molecule has 0 amide bonds. The number of benzene rings is 1. The van der Waals surface area contributed by atoms with E-state index in [1.165, 1.54) is 50.3 Å². The van der Waals surface area contributed by atoms with Crippen molar-refractivity contribution in [3.05, 3.63) is 36.2 Å². The van der Waals surface area contributed by atoms with E-state index in [9.17, 15) is 18.3 Å². The molecule has 0 aliphatic heterocycles. The molecule has 3 aromatic rings. The van der Waals surface area contributed by atoms with Gasteiger partial charge < -0.3 is 14.4 Å². The number of aromatic hydroxyl groups is 1. The number of nitrogens with zero attached hydrogens (tertiary/aromatic N) is 5. The van der Waals surface area contributed by atoms with Crippen molar-refractivity contribution in [3.8, 4) is 28.5 Å². The molecule has 1 N–H and O–H groups in total. The van der Waals surface area contributed by atoms with Crippen LogP contribution in [0.5, 0.6) is 5.75 Å². The second-order valence-corrected chi connectivity index (χ2v) is 8.70. The van der Waals surface area contributed by atoms with Crippen molar-refractivity contribution in [2.24, 2.45) is 11.8 Å². The minimum absolute atomic E-state index is 0.172. The molecule has 0 radical (unpaired) electrons. The monoisotopic (exact) mass is 445 g/mol. The molecule has 2 aliphatic carbocycles. The SMILES string of the molecule is CN(c1ccc(-c2ccc(-c3nnc(C(F)(F)F)o3)cc2O)nn1)C1C[C@H]2CC[C@@H](C1)C2. The number of aromatic nitrogens is 4. The van der Waals surface area contributed by atoms with Crippen LogP contribution in [-0.4, -0.2) is 38.6 Å². The van der Waals surface area contributed by atoms with Crippen LogP contribution in [0.3, 0.4) is 0 Å². The van der Waals surface area contributed by atoms with Gasteiger partial charge in [-0.1, -0.05) is 12.8 Å². The largest absolute Gasteiger partial charge is 0.507 e. The number of rotatable bonds is 4. The van der Waals surface area contributed by atoms with E-state index in [1.807, 2.05) is 13.1 Å². The van der Waals surface area contributed by atoms with Crippen molar-refractivity contribution in [1.82, 2.24) is 20.4 Å². The average Bonchev–Trinajstić information content (AvgIpc) is 3.40. The summed E-state index contributed by atoms with van der Waals surface area (Å²) in [5.41, 5.74) is 1.03. The van der Waals surface area contributed by atoms with Crippen molar-refractivity contribution in [2.75, 3.05) is 11.9 Å². The van der Waals surface area contributed by atoms with Crippen molar-refractivity contribution in [2.45, 2.75) is 44.3 Å². The molecular weight excluding hydrogens is 423 g/mol. The van der Waals surface area contributed by atoms with Crippen molar-refractivity contribution in [3.63, 3.8) is 0 Å². The van der Waals surface area contributed by atoms with E-state index in [0.29, 0.717) is 17.3 Å². The second-order valence-electron chi connectivity index (χ2n) is 8.70. The molecule has 32 heavy (non-hydrogen) atoms. The summed E-state index contributed by atoms with van der Waals surface area (Å²) in [6.07, 6.45) is 1.65. The first-order chi connectivity index (χ1) is 15.3. The maximum absolute atomic E-state index is 12.7. The number of phenolic OH excluding ortho intramolecular Hbond substituents is 1. The molecule has 5 rings (SSSR count). The number of hydrogen-bond donors (Lipinski definition) is 1. The Hall–Kier alpha value is -3.17. The van der Waals surface area contributed by atoms with E-state index in [-0.39, 0.29) is 17.2 Å². The smallest absolute Gasteiger partial charge is 0.470 e. The van der Waals surface area contributed by atoms with Gasteiger partial charge in [-0.15, -0.1) is 20.4 Å². The molecule has 2 bridgehead atoms. The lowest BCUT2D eigenvalue weighted by molar-refractivity contribution is -0.156. The van der Waals surface area contributed by atoms with Gasteiger partial charge in [0.25, 0.3) is 0 Å². The van der Waals surface area contributed by atoms with Crippen LogP contribution in [0, 0.1) is 11.8 Å². The van der Waals surface area contributed by atoms with Crippen LogP contribution in [0.2, 0.25) is 0 Å². The van der Waals surface area contributed by atoms with Gasteiger partial charge in [-0.3, -0.25) is 0 Å². The molecule has 168 valence electrons. The second kappa shape index (κ2) is 7.75. The number of alkyl halides is 3. The van der Waals surface area contributed by atoms with Crippen molar-refractivity contribution in [1.29, 1.82) is 0 Å². The van der Waals surface area contributed by atoms with Crippen LogP contribution >= 0.6 is 0 Å². The van der Waals surface area contributed by atoms with E-state index in [0.717, 1.165) is 17.7 Å². The van der Waals surface area contributed by atoms with Gasteiger partial charge in [0.2, 0.25) is 5.89 Å².